The molecule has 0 unspecified atom stereocenters. The summed E-state index contributed by atoms with van der Waals surface area (Å²) in [5.41, 5.74) is 0.576. The Morgan fingerprint density at radius 3 is 2.76 bits per heavy atom. The molecule has 1 saturated heterocycles. The number of carboxylic acids is 1. The molecule has 0 aromatic heterocycles. The molecule has 5 nitrogen and oxygen atoms in total. The van der Waals surface area contributed by atoms with Crippen LogP contribution < -0.4 is 5.32 Å². The number of nitrogens with one attached hydrogen (secondary N) is 1. The van der Waals surface area contributed by atoms with E-state index < -0.39 is 12.0 Å². The molecule has 1 aromatic rings. The number of likely N-dealkylation sites (tertiary alicyclic amines) is 1. The maximum absolute atomic E-state index is 12.4. The minimum absolute atomic E-state index is 0.231. The van der Waals surface area contributed by atoms with E-state index in [1.54, 1.807) is 30.3 Å². The van der Waals surface area contributed by atoms with Crippen molar-refractivity contribution < 1.29 is 14.7 Å². The van der Waals surface area contributed by atoms with Gasteiger partial charge in [-0.1, -0.05) is 36.4 Å². The minimum Gasteiger partial charge on any atom is -0.479 e. The third kappa shape index (κ3) is 3.70. The smallest absolute Gasteiger partial charge is 0.330 e. The highest BCUT2D eigenvalue weighted by Crippen LogP contribution is 2.19. The van der Waals surface area contributed by atoms with E-state index in [1.165, 1.54) is 0 Å². The summed E-state index contributed by atoms with van der Waals surface area (Å²) >= 11 is 0. The SMILES string of the molecule is C=CCN1CCC[C@H]1C(=O)N[C@H](C(=O)O)c1ccccc1. The molecule has 1 amide bonds. The summed E-state index contributed by atoms with van der Waals surface area (Å²) in [5, 5.41) is 12.0. The Morgan fingerprint density at radius 1 is 1.43 bits per heavy atom. The fourth-order valence-electron chi connectivity index (χ4n) is 2.68. The number of carboxylic acid groups (broad SMARTS) is 1. The van der Waals surface area contributed by atoms with Crippen molar-refractivity contribution in [3.63, 3.8) is 0 Å². The van der Waals surface area contributed by atoms with E-state index in [9.17, 15) is 14.7 Å². The molecule has 2 rings (SSSR count). The molecule has 2 atom stereocenters. The molecule has 1 aromatic carbocycles. The van der Waals surface area contributed by atoms with Crippen molar-refractivity contribution in [2.75, 3.05) is 13.1 Å². The Morgan fingerprint density at radius 2 is 2.14 bits per heavy atom. The van der Waals surface area contributed by atoms with Crippen LogP contribution in [0.15, 0.2) is 43.0 Å². The first-order chi connectivity index (χ1) is 10.1. The number of benzene rings is 1. The lowest BCUT2D eigenvalue weighted by molar-refractivity contribution is -0.142. The van der Waals surface area contributed by atoms with Crippen LogP contribution in [0.3, 0.4) is 0 Å². The van der Waals surface area contributed by atoms with Gasteiger partial charge in [0.25, 0.3) is 0 Å². The van der Waals surface area contributed by atoms with Crippen LogP contribution in [0, 0.1) is 0 Å². The minimum atomic E-state index is -1.05. The predicted octanol–water partition coefficient (Wildman–Crippen LogP) is 1.58. The number of amides is 1. The molecular formula is C16H20N2O3. The van der Waals surface area contributed by atoms with Gasteiger partial charge in [0.2, 0.25) is 5.91 Å². The number of rotatable bonds is 6. The van der Waals surface area contributed by atoms with Crippen LogP contribution in [-0.4, -0.2) is 41.0 Å². The second-order valence-corrected chi connectivity index (χ2v) is 5.13. The maximum Gasteiger partial charge on any atom is 0.330 e. The van der Waals surface area contributed by atoms with E-state index in [2.05, 4.69) is 11.9 Å². The van der Waals surface area contributed by atoms with Crippen molar-refractivity contribution in [2.24, 2.45) is 0 Å². The number of nitrogens with zero attached hydrogens (tertiary/aromatic N) is 1. The fraction of sp³-hybridized carbons (Fsp3) is 0.375. The van der Waals surface area contributed by atoms with Crippen LogP contribution in [-0.2, 0) is 9.59 Å². The van der Waals surface area contributed by atoms with Crippen molar-refractivity contribution in [3.05, 3.63) is 48.6 Å². The molecule has 1 fully saturated rings. The molecular weight excluding hydrogens is 268 g/mol. The van der Waals surface area contributed by atoms with Crippen molar-refractivity contribution in [1.29, 1.82) is 0 Å². The standard InChI is InChI=1S/C16H20N2O3/c1-2-10-18-11-6-9-13(18)15(19)17-14(16(20)21)12-7-4-3-5-8-12/h2-5,7-8,13-14H,1,6,9-11H2,(H,17,19)(H,20,21)/t13-,14-/m0/s1. The van der Waals surface area contributed by atoms with Gasteiger partial charge in [0, 0.05) is 6.54 Å². The first-order valence-electron chi connectivity index (χ1n) is 7.06. The van der Waals surface area contributed by atoms with Crippen molar-refractivity contribution in [2.45, 2.75) is 24.9 Å². The highest BCUT2D eigenvalue weighted by Gasteiger charge is 2.32. The van der Waals surface area contributed by atoms with Crippen LogP contribution in [0.4, 0.5) is 0 Å². The molecule has 0 saturated carbocycles. The van der Waals surface area contributed by atoms with E-state index in [0.717, 1.165) is 19.4 Å². The van der Waals surface area contributed by atoms with E-state index in [-0.39, 0.29) is 11.9 Å². The zero-order chi connectivity index (χ0) is 15.2. The monoisotopic (exact) mass is 288 g/mol. The summed E-state index contributed by atoms with van der Waals surface area (Å²) in [7, 11) is 0. The number of carbonyl (C=O) groups excluding carboxylic acids is 1. The largest absolute Gasteiger partial charge is 0.479 e. The third-order valence-electron chi connectivity index (χ3n) is 3.70. The number of hydrogen-bond donors (Lipinski definition) is 2. The van der Waals surface area contributed by atoms with Crippen LogP contribution in [0.2, 0.25) is 0 Å². The summed E-state index contributed by atoms with van der Waals surface area (Å²) in [5.74, 6) is -1.28. The Balaban J connectivity index is 2.08. The van der Waals surface area contributed by atoms with Crippen molar-refractivity contribution >= 4 is 11.9 Å². The summed E-state index contributed by atoms with van der Waals surface area (Å²) in [6.45, 7) is 5.17. The normalized spacial score (nSPS) is 19.9. The van der Waals surface area contributed by atoms with Gasteiger partial charge in [-0.05, 0) is 24.9 Å². The zero-order valence-electron chi connectivity index (χ0n) is 11.9. The number of aliphatic carboxylic acids is 1. The molecule has 0 bridgehead atoms. The van der Waals surface area contributed by atoms with Crippen LogP contribution >= 0.6 is 0 Å². The average Bonchev–Trinajstić information content (AvgIpc) is 2.94. The van der Waals surface area contributed by atoms with E-state index >= 15 is 0 Å². The Labute approximate surface area is 124 Å². The average molecular weight is 288 g/mol. The lowest BCUT2D eigenvalue weighted by Crippen LogP contribution is -2.46. The zero-order valence-corrected chi connectivity index (χ0v) is 11.9. The van der Waals surface area contributed by atoms with Gasteiger partial charge in [0.15, 0.2) is 6.04 Å². The second-order valence-electron chi connectivity index (χ2n) is 5.13. The van der Waals surface area contributed by atoms with Gasteiger partial charge in [-0.25, -0.2) is 4.79 Å². The first-order valence-corrected chi connectivity index (χ1v) is 7.06. The summed E-state index contributed by atoms with van der Waals surface area (Å²) in [6, 6.07) is 7.46. The van der Waals surface area contributed by atoms with Crippen LogP contribution in [0.25, 0.3) is 0 Å². The Kier molecular flexibility index (Phi) is 5.11. The molecule has 5 heteroatoms. The third-order valence-corrected chi connectivity index (χ3v) is 3.70. The maximum atomic E-state index is 12.4. The Bertz CT molecular complexity index is 516. The van der Waals surface area contributed by atoms with Crippen molar-refractivity contribution in [3.8, 4) is 0 Å². The Hall–Kier alpha value is -2.14. The quantitative estimate of drug-likeness (QED) is 0.780. The molecule has 2 N–H and O–H groups in total. The molecule has 112 valence electrons. The fourth-order valence-corrected chi connectivity index (χ4v) is 2.68. The lowest BCUT2D eigenvalue weighted by Gasteiger charge is -2.24. The first kappa shape index (κ1) is 15.3. The van der Waals surface area contributed by atoms with Crippen molar-refractivity contribution in [1.82, 2.24) is 10.2 Å². The van der Waals surface area contributed by atoms with Gasteiger partial charge in [-0.2, -0.15) is 0 Å². The molecule has 21 heavy (non-hydrogen) atoms. The highest BCUT2D eigenvalue weighted by atomic mass is 16.4. The highest BCUT2D eigenvalue weighted by molar-refractivity contribution is 5.87. The number of carbonyl (C=O) groups is 2. The summed E-state index contributed by atoms with van der Waals surface area (Å²) in [4.78, 5) is 25.8. The molecule has 0 radical (unpaired) electrons. The molecule has 0 spiro atoms. The van der Waals surface area contributed by atoms with Gasteiger partial charge in [0.1, 0.15) is 0 Å². The van der Waals surface area contributed by atoms with E-state index in [4.69, 9.17) is 0 Å². The summed E-state index contributed by atoms with van der Waals surface area (Å²) in [6.07, 6.45) is 3.45. The van der Waals surface area contributed by atoms with Gasteiger partial charge in [-0.3, -0.25) is 9.69 Å². The van der Waals surface area contributed by atoms with Gasteiger partial charge >= 0.3 is 5.97 Å². The van der Waals surface area contributed by atoms with E-state index in [1.807, 2.05) is 11.0 Å². The predicted molar refractivity (Wildman–Crippen MR) is 79.8 cm³/mol. The van der Waals surface area contributed by atoms with Crippen LogP contribution in [0.1, 0.15) is 24.4 Å². The molecule has 0 aliphatic carbocycles. The van der Waals surface area contributed by atoms with Crippen LogP contribution in [0.5, 0.6) is 0 Å². The second kappa shape index (κ2) is 7.04. The van der Waals surface area contributed by atoms with Gasteiger partial charge < -0.3 is 10.4 Å². The molecule has 1 aliphatic rings. The molecule has 1 heterocycles. The van der Waals surface area contributed by atoms with E-state index in [0.29, 0.717) is 12.1 Å². The summed E-state index contributed by atoms with van der Waals surface area (Å²) < 4.78 is 0. The topological polar surface area (TPSA) is 69.6 Å². The number of hydrogen-bond acceptors (Lipinski definition) is 3. The molecule has 1 aliphatic heterocycles. The van der Waals surface area contributed by atoms with Gasteiger partial charge in [0.05, 0.1) is 6.04 Å². The lowest BCUT2D eigenvalue weighted by atomic mass is 10.1. The van der Waals surface area contributed by atoms with Gasteiger partial charge in [-0.15, -0.1) is 6.58 Å².